The minimum atomic E-state index is 0.127. The fourth-order valence-corrected chi connectivity index (χ4v) is 2.59. The number of carbonyl (C=O) groups excluding carboxylic acids is 1. The molecule has 0 spiro atoms. The molecule has 1 aliphatic rings. The van der Waals surface area contributed by atoms with Crippen molar-refractivity contribution in [2.75, 3.05) is 13.1 Å². The summed E-state index contributed by atoms with van der Waals surface area (Å²) < 4.78 is 0. The zero-order valence-corrected chi connectivity index (χ0v) is 10.5. The average molecular weight is 255 g/mol. The summed E-state index contributed by atoms with van der Waals surface area (Å²) in [6.45, 7) is 3.10. The summed E-state index contributed by atoms with van der Waals surface area (Å²) in [4.78, 5) is 28.4. The van der Waals surface area contributed by atoms with Gasteiger partial charge in [0.05, 0.1) is 17.6 Å². The molecule has 19 heavy (non-hydrogen) atoms. The number of hydrogen-bond acceptors (Lipinski definition) is 3. The highest BCUT2D eigenvalue weighted by Crippen LogP contribution is 2.28. The van der Waals surface area contributed by atoms with Gasteiger partial charge in [-0.05, 0) is 6.07 Å². The SMILES string of the molecule is CC(=O)N1CC(c2nc3c(cnc4[nH]ccc43)[nH]2)C1. The van der Waals surface area contributed by atoms with Crippen molar-refractivity contribution in [3.8, 4) is 0 Å². The lowest BCUT2D eigenvalue weighted by atomic mass is 10.00. The summed E-state index contributed by atoms with van der Waals surface area (Å²) in [6, 6.07) is 1.98. The van der Waals surface area contributed by atoms with E-state index in [2.05, 4.69) is 19.9 Å². The predicted molar refractivity (Wildman–Crippen MR) is 70.7 cm³/mol. The van der Waals surface area contributed by atoms with Crippen molar-refractivity contribution in [1.29, 1.82) is 0 Å². The third-order valence-electron chi connectivity index (χ3n) is 3.77. The number of rotatable bonds is 1. The summed E-state index contributed by atoms with van der Waals surface area (Å²) in [6.07, 6.45) is 3.67. The Balaban J connectivity index is 1.74. The van der Waals surface area contributed by atoms with Crippen LogP contribution in [0.3, 0.4) is 0 Å². The molecule has 0 aliphatic carbocycles. The molecule has 1 aliphatic heterocycles. The van der Waals surface area contributed by atoms with Gasteiger partial charge in [0.25, 0.3) is 0 Å². The van der Waals surface area contributed by atoms with Crippen LogP contribution in [0.5, 0.6) is 0 Å². The van der Waals surface area contributed by atoms with E-state index in [4.69, 9.17) is 0 Å². The molecular weight excluding hydrogens is 242 g/mol. The largest absolute Gasteiger partial charge is 0.346 e. The van der Waals surface area contributed by atoms with Gasteiger partial charge in [0, 0.05) is 31.6 Å². The van der Waals surface area contributed by atoms with Crippen LogP contribution in [-0.2, 0) is 4.79 Å². The molecule has 0 saturated carbocycles. The quantitative estimate of drug-likeness (QED) is 0.689. The van der Waals surface area contributed by atoms with Crippen molar-refractivity contribution in [3.63, 3.8) is 0 Å². The molecule has 96 valence electrons. The minimum absolute atomic E-state index is 0.127. The van der Waals surface area contributed by atoms with E-state index in [1.807, 2.05) is 17.2 Å². The van der Waals surface area contributed by atoms with Crippen molar-refractivity contribution < 1.29 is 4.79 Å². The van der Waals surface area contributed by atoms with Crippen LogP contribution in [0, 0.1) is 0 Å². The topological polar surface area (TPSA) is 77.7 Å². The molecule has 0 atom stereocenters. The molecule has 6 heteroatoms. The van der Waals surface area contributed by atoms with Gasteiger partial charge in [0.2, 0.25) is 5.91 Å². The first kappa shape index (κ1) is 10.5. The number of amides is 1. The van der Waals surface area contributed by atoms with E-state index in [1.54, 1.807) is 13.1 Å². The normalized spacial score (nSPS) is 16.2. The molecular formula is C13H13N5O. The van der Waals surface area contributed by atoms with E-state index < -0.39 is 0 Å². The number of nitrogens with zero attached hydrogens (tertiary/aromatic N) is 3. The molecule has 3 aromatic rings. The monoisotopic (exact) mass is 255 g/mol. The van der Waals surface area contributed by atoms with E-state index in [1.165, 1.54) is 0 Å². The van der Waals surface area contributed by atoms with Crippen LogP contribution in [0.2, 0.25) is 0 Å². The summed E-state index contributed by atoms with van der Waals surface area (Å²) in [5.74, 6) is 1.38. The minimum Gasteiger partial charge on any atom is -0.346 e. The number of pyridine rings is 1. The Morgan fingerprint density at radius 2 is 2.32 bits per heavy atom. The van der Waals surface area contributed by atoms with Crippen LogP contribution in [0.4, 0.5) is 0 Å². The number of aromatic amines is 2. The number of aromatic nitrogens is 4. The molecule has 0 aromatic carbocycles. The Labute approximate surface area is 108 Å². The van der Waals surface area contributed by atoms with Gasteiger partial charge in [-0.3, -0.25) is 4.79 Å². The summed E-state index contributed by atoms with van der Waals surface area (Å²) in [5.41, 5.74) is 2.75. The van der Waals surface area contributed by atoms with Gasteiger partial charge >= 0.3 is 0 Å². The first-order valence-electron chi connectivity index (χ1n) is 6.29. The second-order valence-corrected chi connectivity index (χ2v) is 5.00. The highest BCUT2D eigenvalue weighted by atomic mass is 16.2. The van der Waals surface area contributed by atoms with Gasteiger partial charge in [0.15, 0.2) is 0 Å². The van der Waals surface area contributed by atoms with Gasteiger partial charge in [-0.2, -0.15) is 0 Å². The van der Waals surface area contributed by atoms with Crippen LogP contribution in [0.25, 0.3) is 22.1 Å². The maximum absolute atomic E-state index is 11.2. The predicted octanol–water partition coefficient (Wildman–Crippen LogP) is 1.38. The molecule has 0 bridgehead atoms. The second kappa shape index (κ2) is 3.57. The van der Waals surface area contributed by atoms with Crippen molar-refractivity contribution in [2.45, 2.75) is 12.8 Å². The highest BCUT2D eigenvalue weighted by molar-refractivity contribution is 6.00. The smallest absolute Gasteiger partial charge is 0.219 e. The number of fused-ring (bicyclic) bond motifs is 3. The molecule has 0 unspecified atom stereocenters. The van der Waals surface area contributed by atoms with Crippen molar-refractivity contribution in [2.24, 2.45) is 0 Å². The zero-order valence-electron chi connectivity index (χ0n) is 10.5. The Morgan fingerprint density at radius 1 is 1.47 bits per heavy atom. The number of H-pyrrole nitrogens is 2. The van der Waals surface area contributed by atoms with Crippen LogP contribution < -0.4 is 0 Å². The van der Waals surface area contributed by atoms with Crippen molar-refractivity contribution in [1.82, 2.24) is 24.8 Å². The summed E-state index contributed by atoms with van der Waals surface area (Å²) in [5, 5.41) is 1.03. The number of hydrogen-bond donors (Lipinski definition) is 2. The third-order valence-corrected chi connectivity index (χ3v) is 3.77. The Bertz CT molecular complexity index is 781. The Hall–Kier alpha value is -2.37. The molecule has 0 radical (unpaired) electrons. The van der Waals surface area contributed by atoms with Gasteiger partial charge in [-0.15, -0.1) is 0 Å². The third kappa shape index (κ3) is 1.46. The fourth-order valence-electron chi connectivity index (χ4n) is 2.59. The van der Waals surface area contributed by atoms with E-state index >= 15 is 0 Å². The summed E-state index contributed by atoms with van der Waals surface area (Å²) >= 11 is 0. The van der Waals surface area contributed by atoms with E-state index in [9.17, 15) is 4.79 Å². The van der Waals surface area contributed by atoms with Gasteiger partial charge in [0.1, 0.15) is 17.0 Å². The van der Waals surface area contributed by atoms with Gasteiger partial charge in [-0.25, -0.2) is 9.97 Å². The van der Waals surface area contributed by atoms with Crippen LogP contribution >= 0.6 is 0 Å². The molecule has 2 N–H and O–H groups in total. The van der Waals surface area contributed by atoms with Crippen molar-refractivity contribution >= 4 is 28.0 Å². The lowest BCUT2D eigenvalue weighted by Gasteiger charge is -2.37. The van der Waals surface area contributed by atoms with Crippen LogP contribution in [-0.4, -0.2) is 43.8 Å². The molecule has 6 nitrogen and oxygen atoms in total. The maximum Gasteiger partial charge on any atom is 0.219 e. The Kier molecular flexibility index (Phi) is 1.98. The Morgan fingerprint density at radius 3 is 3.11 bits per heavy atom. The number of likely N-dealkylation sites (tertiary alicyclic amines) is 1. The molecule has 4 heterocycles. The number of imidazole rings is 1. The lowest BCUT2D eigenvalue weighted by molar-refractivity contribution is -0.133. The van der Waals surface area contributed by atoms with Crippen molar-refractivity contribution in [3.05, 3.63) is 24.3 Å². The first-order chi connectivity index (χ1) is 9.22. The molecule has 1 fully saturated rings. The van der Waals surface area contributed by atoms with Crippen LogP contribution in [0.1, 0.15) is 18.7 Å². The molecule has 3 aromatic heterocycles. The van der Waals surface area contributed by atoms with E-state index in [-0.39, 0.29) is 5.91 Å². The maximum atomic E-state index is 11.2. The van der Waals surface area contributed by atoms with Crippen LogP contribution in [0.15, 0.2) is 18.5 Å². The van der Waals surface area contributed by atoms with E-state index in [0.717, 1.165) is 41.0 Å². The molecule has 1 amide bonds. The lowest BCUT2D eigenvalue weighted by Crippen LogP contribution is -2.47. The number of carbonyl (C=O) groups is 1. The average Bonchev–Trinajstić information content (AvgIpc) is 2.89. The zero-order chi connectivity index (χ0) is 13.0. The highest BCUT2D eigenvalue weighted by Gasteiger charge is 2.32. The molecule has 4 rings (SSSR count). The second-order valence-electron chi connectivity index (χ2n) is 5.00. The summed E-state index contributed by atoms with van der Waals surface area (Å²) in [7, 11) is 0. The number of nitrogens with one attached hydrogen (secondary N) is 2. The first-order valence-corrected chi connectivity index (χ1v) is 6.29. The molecule has 1 saturated heterocycles. The van der Waals surface area contributed by atoms with Gasteiger partial charge in [-0.1, -0.05) is 0 Å². The fraction of sp³-hybridized carbons (Fsp3) is 0.308. The standard InChI is InChI=1S/C13H13N5O/c1-7(19)18-5-8(6-18)12-16-10-4-15-13-9(2-3-14-13)11(10)17-12/h2-4,8H,5-6H2,1H3,(H,14,15)(H,16,17). The van der Waals surface area contributed by atoms with Gasteiger partial charge < -0.3 is 14.9 Å². The van der Waals surface area contributed by atoms with E-state index in [0.29, 0.717) is 5.92 Å².